The van der Waals surface area contributed by atoms with Crippen LogP contribution in [0.2, 0.25) is 0 Å². The van der Waals surface area contributed by atoms with Gasteiger partial charge in [-0.2, -0.15) is 13.2 Å². The maximum absolute atomic E-state index is 12.8. The highest BCUT2D eigenvalue weighted by molar-refractivity contribution is 5.30. The molecular weight excluding hydrogens is 377 g/mol. The second-order valence-corrected chi connectivity index (χ2v) is 6.59. The van der Waals surface area contributed by atoms with E-state index in [9.17, 15) is 13.2 Å². The zero-order chi connectivity index (χ0) is 20.5. The Kier molecular flexibility index (Phi) is 7.27. The van der Waals surface area contributed by atoms with Gasteiger partial charge in [0, 0.05) is 19.5 Å². The summed E-state index contributed by atoms with van der Waals surface area (Å²) in [7, 11) is 0. The number of rotatable bonds is 9. The molecule has 0 saturated heterocycles. The van der Waals surface area contributed by atoms with E-state index >= 15 is 0 Å². The highest BCUT2D eigenvalue weighted by atomic mass is 19.4. The molecule has 0 fully saturated rings. The highest BCUT2D eigenvalue weighted by Crippen LogP contribution is 2.31. The van der Waals surface area contributed by atoms with Gasteiger partial charge in [-0.05, 0) is 35.4 Å². The van der Waals surface area contributed by atoms with Crippen molar-refractivity contribution in [3.63, 3.8) is 0 Å². The van der Waals surface area contributed by atoms with Crippen molar-refractivity contribution in [3.8, 4) is 5.75 Å². The molecule has 0 radical (unpaired) electrons. The predicted molar refractivity (Wildman–Crippen MR) is 107 cm³/mol. The molecule has 1 unspecified atom stereocenters. The number of hydrogen-bond acceptors (Lipinski definition) is 3. The van der Waals surface area contributed by atoms with Crippen molar-refractivity contribution in [1.29, 1.82) is 0 Å². The molecule has 3 aromatic rings. The van der Waals surface area contributed by atoms with E-state index in [0.717, 1.165) is 17.7 Å². The van der Waals surface area contributed by atoms with Crippen LogP contribution in [-0.2, 0) is 12.7 Å². The average molecular weight is 400 g/mol. The van der Waals surface area contributed by atoms with Gasteiger partial charge in [0.05, 0.1) is 5.56 Å². The molecule has 2 N–H and O–H groups in total. The summed E-state index contributed by atoms with van der Waals surface area (Å²) < 4.78 is 44.3. The fraction of sp³-hybridized carbons (Fsp3) is 0.217. The van der Waals surface area contributed by atoms with Crippen molar-refractivity contribution >= 4 is 0 Å². The summed E-state index contributed by atoms with van der Waals surface area (Å²) in [6, 6.07) is 24.5. The zero-order valence-corrected chi connectivity index (χ0v) is 15.8. The number of benzene rings is 3. The molecule has 0 aromatic heterocycles. The first-order chi connectivity index (χ1) is 14.0. The first kappa shape index (κ1) is 20.9. The first-order valence-corrected chi connectivity index (χ1v) is 9.41. The molecule has 0 saturated carbocycles. The Morgan fingerprint density at radius 1 is 0.759 bits per heavy atom. The van der Waals surface area contributed by atoms with Crippen molar-refractivity contribution in [2.75, 3.05) is 6.54 Å². The van der Waals surface area contributed by atoms with Crippen LogP contribution in [0.25, 0.3) is 0 Å². The summed E-state index contributed by atoms with van der Waals surface area (Å²) in [5, 5.41) is 0. The molecule has 0 spiro atoms. The molecule has 3 nitrogen and oxygen atoms in total. The summed E-state index contributed by atoms with van der Waals surface area (Å²) in [6.45, 7) is 1.32. The quantitative estimate of drug-likeness (QED) is 0.367. The van der Waals surface area contributed by atoms with Gasteiger partial charge in [0.1, 0.15) is 11.9 Å². The van der Waals surface area contributed by atoms with Gasteiger partial charge in [-0.15, -0.1) is 0 Å². The van der Waals surface area contributed by atoms with Crippen LogP contribution in [0.15, 0.2) is 84.9 Å². The Balaban J connectivity index is 1.57. The average Bonchev–Trinajstić information content (AvgIpc) is 2.74. The van der Waals surface area contributed by atoms with E-state index in [0.29, 0.717) is 25.3 Å². The van der Waals surface area contributed by atoms with Gasteiger partial charge in [-0.1, -0.05) is 60.7 Å². The minimum atomic E-state index is -4.36. The van der Waals surface area contributed by atoms with Gasteiger partial charge >= 0.3 is 6.18 Å². The normalized spacial score (nSPS) is 12.5. The van der Waals surface area contributed by atoms with Crippen LogP contribution in [0.5, 0.6) is 5.75 Å². The topological polar surface area (TPSA) is 33.3 Å². The van der Waals surface area contributed by atoms with Crippen molar-refractivity contribution in [2.45, 2.75) is 25.2 Å². The molecule has 3 rings (SSSR count). The molecule has 0 aliphatic carbocycles. The Morgan fingerprint density at radius 3 is 2.00 bits per heavy atom. The minimum Gasteiger partial charge on any atom is -0.486 e. The molecule has 0 heterocycles. The molecule has 1 atom stereocenters. The number of alkyl halides is 3. The minimum absolute atomic E-state index is 0.279. The summed E-state index contributed by atoms with van der Waals surface area (Å²) in [6.07, 6.45) is -3.99. The molecule has 0 amide bonds. The van der Waals surface area contributed by atoms with E-state index in [1.165, 1.54) is 17.7 Å². The largest absolute Gasteiger partial charge is 0.486 e. The third-order valence-electron chi connectivity index (χ3n) is 4.42. The fourth-order valence-electron chi connectivity index (χ4n) is 2.90. The van der Waals surface area contributed by atoms with Gasteiger partial charge in [0.25, 0.3) is 0 Å². The lowest BCUT2D eigenvalue weighted by Gasteiger charge is -2.20. The van der Waals surface area contributed by atoms with Gasteiger partial charge in [-0.3, -0.25) is 10.9 Å². The maximum Gasteiger partial charge on any atom is 0.416 e. The van der Waals surface area contributed by atoms with Gasteiger partial charge in [-0.25, -0.2) is 0 Å². The van der Waals surface area contributed by atoms with Gasteiger partial charge in [0.2, 0.25) is 0 Å². The second kappa shape index (κ2) is 10.1. The van der Waals surface area contributed by atoms with Crippen LogP contribution in [0.3, 0.4) is 0 Å². The molecule has 29 heavy (non-hydrogen) atoms. The third kappa shape index (κ3) is 6.62. The van der Waals surface area contributed by atoms with Crippen LogP contribution < -0.4 is 15.6 Å². The summed E-state index contributed by atoms with van der Waals surface area (Å²) >= 11 is 0. The maximum atomic E-state index is 12.8. The van der Waals surface area contributed by atoms with Crippen molar-refractivity contribution in [3.05, 3.63) is 102 Å². The summed E-state index contributed by atoms with van der Waals surface area (Å²) in [5.74, 6) is 0.407. The first-order valence-electron chi connectivity index (χ1n) is 9.41. The number of hydrazine groups is 1. The lowest BCUT2D eigenvalue weighted by molar-refractivity contribution is -0.137. The van der Waals surface area contributed by atoms with E-state index in [1.807, 2.05) is 60.7 Å². The SMILES string of the molecule is FC(F)(F)c1ccc(OC(CCNNCc2ccccc2)c2ccccc2)cc1. The zero-order valence-electron chi connectivity index (χ0n) is 15.8. The highest BCUT2D eigenvalue weighted by Gasteiger charge is 2.30. The molecular formula is C23H23F3N2O. The number of hydrogen-bond donors (Lipinski definition) is 2. The Morgan fingerprint density at radius 2 is 1.38 bits per heavy atom. The van der Waals surface area contributed by atoms with Crippen LogP contribution in [0, 0.1) is 0 Å². The van der Waals surface area contributed by atoms with E-state index in [1.54, 1.807) is 0 Å². The number of nitrogens with one attached hydrogen (secondary N) is 2. The summed E-state index contributed by atoms with van der Waals surface area (Å²) in [5.41, 5.74) is 7.79. The Labute approximate surface area is 168 Å². The van der Waals surface area contributed by atoms with E-state index in [-0.39, 0.29) is 6.10 Å². The number of halogens is 3. The van der Waals surface area contributed by atoms with Crippen LogP contribution >= 0.6 is 0 Å². The molecule has 6 heteroatoms. The van der Waals surface area contributed by atoms with Crippen LogP contribution in [-0.4, -0.2) is 6.54 Å². The fourth-order valence-corrected chi connectivity index (χ4v) is 2.90. The third-order valence-corrected chi connectivity index (χ3v) is 4.42. The lowest BCUT2D eigenvalue weighted by Crippen LogP contribution is -2.33. The van der Waals surface area contributed by atoms with E-state index in [4.69, 9.17) is 4.74 Å². The molecule has 3 aromatic carbocycles. The summed E-state index contributed by atoms with van der Waals surface area (Å²) in [4.78, 5) is 0. The molecule has 152 valence electrons. The van der Waals surface area contributed by atoms with E-state index < -0.39 is 11.7 Å². The second-order valence-electron chi connectivity index (χ2n) is 6.59. The van der Waals surface area contributed by atoms with Crippen molar-refractivity contribution in [1.82, 2.24) is 10.9 Å². The number of ether oxygens (including phenoxy) is 1. The van der Waals surface area contributed by atoms with Crippen molar-refractivity contribution < 1.29 is 17.9 Å². The Hall–Kier alpha value is -2.83. The van der Waals surface area contributed by atoms with Crippen LogP contribution in [0.4, 0.5) is 13.2 Å². The monoisotopic (exact) mass is 400 g/mol. The lowest BCUT2D eigenvalue weighted by atomic mass is 10.1. The molecule has 0 aliphatic heterocycles. The smallest absolute Gasteiger partial charge is 0.416 e. The molecule has 0 aliphatic rings. The standard InChI is InChI=1S/C23H23F3N2O/c24-23(25,26)20-11-13-21(14-12-20)29-22(19-9-5-2-6-10-19)15-16-27-28-17-18-7-3-1-4-8-18/h1-14,22,27-28H,15-17H2. The van der Waals surface area contributed by atoms with Crippen LogP contribution in [0.1, 0.15) is 29.2 Å². The van der Waals surface area contributed by atoms with Gasteiger partial charge in [0.15, 0.2) is 0 Å². The van der Waals surface area contributed by atoms with Crippen molar-refractivity contribution in [2.24, 2.45) is 0 Å². The Bertz CT molecular complexity index is 853. The van der Waals surface area contributed by atoms with E-state index in [2.05, 4.69) is 10.9 Å². The van der Waals surface area contributed by atoms with Gasteiger partial charge < -0.3 is 4.74 Å². The molecule has 0 bridgehead atoms. The predicted octanol–water partition coefficient (Wildman–Crippen LogP) is 5.51.